The molecule has 0 spiro atoms. The average Bonchev–Trinajstić information content (AvgIpc) is 3.04. The number of thiophene rings is 1. The molecule has 0 saturated carbocycles. The Kier molecular flexibility index (Phi) is 6.36. The minimum atomic E-state index is -0.643. The maximum Gasteiger partial charge on any atom is 0.344 e. The molecule has 6 nitrogen and oxygen atoms in total. The van der Waals surface area contributed by atoms with Gasteiger partial charge in [0.25, 0.3) is 5.91 Å². The molecule has 0 aliphatic rings. The number of esters is 1. The van der Waals surface area contributed by atoms with Crippen LogP contribution in [0.5, 0.6) is 5.75 Å². The Hall–Kier alpha value is -2.85. The number of nitriles is 1. The first-order valence-electron chi connectivity index (χ1n) is 7.96. The standard InChI is InChI=1S/C19H20N2O4S/c1-19(2,3)14-6-4-5-7-15(14)24-12-17(23)25-11-16(22)21-18-13(10-20)8-9-26-18/h4-9H,11-12H2,1-3H3,(H,21,22). The molecule has 0 saturated heterocycles. The van der Waals surface area contributed by atoms with E-state index in [1.807, 2.05) is 24.3 Å². The van der Waals surface area contributed by atoms with E-state index in [2.05, 4.69) is 26.1 Å². The first-order chi connectivity index (χ1) is 12.3. The summed E-state index contributed by atoms with van der Waals surface area (Å²) in [7, 11) is 0. The van der Waals surface area contributed by atoms with Crippen LogP contribution in [0.25, 0.3) is 0 Å². The van der Waals surface area contributed by atoms with Crippen LogP contribution >= 0.6 is 11.3 Å². The van der Waals surface area contributed by atoms with Crippen LogP contribution in [-0.2, 0) is 19.7 Å². The lowest BCUT2D eigenvalue weighted by Gasteiger charge is -2.22. The van der Waals surface area contributed by atoms with Crippen LogP contribution < -0.4 is 10.1 Å². The molecule has 2 aromatic rings. The summed E-state index contributed by atoms with van der Waals surface area (Å²) in [6.07, 6.45) is 0. The van der Waals surface area contributed by atoms with Gasteiger partial charge in [0.15, 0.2) is 13.2 Å². The number of carbonyl (C=O) groups is 2. The van der Waals surface area contributed by atoms with Gasteiger partial charge in [-0.15, -0.1) is 11.3 Å². The van der Waals surface area contributed by atoms with Crippen molar-refractivity contribution in [3.8, 4) is 11.8 Å². The Morgan fingerprint density at radius 3 is 2.62 bits per heavy atom. The molecular formula is C19H20N2O4S. The number of nitrogens with zero attached hydrogens (tertiary/aromatic N) is 1. The number of nitrogens with one attached hydrogen (secondary N) is 1. The summed E-state index contributed by atoms with van der Waals surface area (Å²) >= 11 is 1.23. The van der Waals surface area contributed by atoms with Crippen molar-refractivity contribution in [3.63, 3.8) is 0 Å². The van der Waals surface area contributed by atoms with Crippen LogP contribution in [0, 0.1) is 11.3 Å². The van der Waals surface area contributed by atoms with Gasteiger partial charge in [-0.05, 0) is 28.5 Å². The average molecular weight is 372 g/mol. The van der Waals surface area contributed by atoms with E-state index in [1.165, 1.54) is 11.3 Å². The summed E-state index contributed by atoms with van der Waals surface area (Å²) in [4.78, 5) is 23.6. The third-order valence-electron chi connectivity index (χ3n) is 3.44. The molecule has 26 heavy (non-hydrogen) atoms. The van der Waals surface area contributed by atoms with Gasteiger partial charge in [0.05, 0.1) is 5.56 Å². The lowest BCUT2D eigenvalue weighted by atomic mass is 9.86. The fourth-order valence-corrected chi connectivity index (χ4v) is 2.95. The third-order valence-corrected chi connectivity index (χ3v) is 4.27. The van der Waals surface area contributed by atoms with Crippen LogP contribution in [0.1, 0.15) is 31.9 Å². The van der Waals surface area contributed by atoms with E-state index in [0.29, 0.717) is 16.3 Å². The molecule has 1 heterocycles. The Morgan fingerprint density at radius 2 is 1.92 bits per heavy atom. The fraction of sp³-hybridized carbons (Fsp3) is 0.316. The van der Waals surface area contributed by atoms with Crippen molar-refractivity contribution in [2.45, 2.75) is 26.2 Å². The molecule has 1 aromatic heterocycles. The van der Waals surface area contributed by atoms with Gasteiger partial charge in [-0.1, -0.05) is 39.0 Å². The van der Waals surface area contributed by atoms with Gasteiger partial charge >= 0.3 is 5.97 Å². The summed E-state index contributed by atoms with van der Waals surface area (Å²) in [5, 5.41) is 13.6. The monoisotopic (exact) mass is 372 g/mol. The van der Waals surface area contributed by atoms with Gasteiger partial charge in [0.1, 0.15) is 16.8 Å². The number of rotatable bonds is 6. The Labute approximate surface area is 156 Å². The molecule has 1 N–H and O–H groups in total. The minimum absolute atomic E-state index is 0.125. The number of benzene rings is 1. The van der Waals surface area contributed by atoms with E-state index in [4.69, 9.17) is 14.7 Å². The zero-order valence-electron chi connectivity index (χ0n) is 14.9. The van der Waals surface area contributed by atoms with E-state index in [0.717, 1.165) is 5.56 Å². The van der Waals surface area contributed by atoms with Gasteiger partial charge in [-0.2, -0.15) is 5.26 Å². The maximum atomic E-state index is 11.8. The van der Waals surface area contributed by atoms with Crippen molar-refractivity contribution in [1.82, 2.24) is 0 Å². The highest BCUT2D eigenvalue weighted by molar-refractivity contribution is 7.14. The summed E-state index contributed by atoms with van der Waals surface area (Å²) in [5.74, 6) is -0.540. The smallest absolute Gasteiger partial charge is 0.344 e. The van der Waals surface area contributed by atoms with Gasteiger partial charge in [-0.25, -0.2) is 4.79 Å². The Bertz CT molecular complexity index is 831. The molecule has 136 valence electrons. The Morgan fingerprint density at radius 1 is 1.19 bits per heavy atom. The van der Waals surface area contributed by atoms with Crippen LogP contribution in [0.3, 0.4) is 0 Å². The molecule has 0 atom stereocenters. The van der Waals surface area contributed by atoms with Crippen LogP contribution in [0.2, 0.25) is 0 Å². The second-order valence-electron chi connectivity index (χ2n) is 6.52. The van der Waals surface area contributed by atoms with Gasteiger partial charge in [0, 0.05) is 0 Å². The number of para-hydroxylation sites is 1. The second-order valence-corrected chi connectivity index (χ2v) is 7.44. The molecule has 0 fully saturated rings. The second kappa shape index (κ2) is 8.50. The fourth-order valence-electron chi connectivity index (χ4n) is 2.19. The summed E-state index contributed by atoms with van der Waals surface area (Å²) < 4.78 is 10.5. The summed E-state index contributed by atoms with van der Waals surface area (Å²) in [6.45, 7) is 5.43. The number of amides is 1. The number of carbonyl (C=O) groups excluding carboxylic acids is 2. The highest BCUT2D eigenvalue weighted by Crippen LogP contribution is 2.30. The van der Waals surface area contributed by atoms with E-state index in [9.17, 15) is 9.59 Å². The number of hydrogen-bond acceptors (Lipinski definition) is 6. The molecule has 2 rings (SSSR count). The van der Waals surface area contributed by atoms with Crippen molar-refractivity contribution >= 4 is 28.2 Å². The van der Waals surface area contributed by atoms with E-state index in [-0.39, 0.29) is 12.0 Å². The molecule has 0 radical (unpaired) electrons. The van der Waals surface area contributed by atoms with Crippen molar-refractivity contribution in [2.24, 2.45) is 0 Å². The largest absolute Gasteiger partial charge is 0.482 e. The summed E-state index contributed by atoms with van der Waals surface area (Å²) in [6, 6.07) is 11.1. The number of hydrogen-bond donors (Lipinski definition) is 1. The summed E-state index contributed by atoms with van der Waals surface area (Å²) in [5.41, 5.74) is 1.23. The molecule has 0 aliphatic carbocycles. The normalized spacial score (nSPS) is 10.7. The van der Waals surface area contributed by atoms with E-state index >= 15 is 0 Å². The quantitative estimate of drug-likeness (QED) is 0.784. The van der Waals surface area contributed by atoms with E-state index in [1.54, 1.807) is 17.5 Å². The highest BCUT2D eigenvalue weighted by atomic mass is 32.1. The zero-order valence-corrected chi connectivity index (χ0v) is 15.7. The minimum Gasteiger partial charge on any atom is -0.482 e. The van der Waals surface area contributed by atoms with Crippen molar-refractivity contribution in [2.75, 3.05) is 18.5 Å². The molecular weight excluding hydrogens is 352 g/mol. The molecule has 1 amide bonds. The first kappa shape index (κ1) is 19.5. The Balaban J connectivity index is 1.83. The predicted molar refractivity (Wildman–Crippen MR) is 99.3 cm³/mol. The van der Waals surface area contributed by atoms with E-state index < -0.39 is 18.5 Å². The van der Waals surface area contributed by atoms with Crippen molar-refractivity contribution < 1.29 is 19.1 Å². The SMILES string of the molecule is CC(C)(C)c1ccccc1OCC(=O)OCC(=O)Nc1sccc1C#N. The van der Waals surface area contributed by atoms with Crippen LogP contribution in [-0.4, -0.2) is 25.1 Å². The molecule has 0 aliphatic heterocycles. The van der Waals surface area contributed by atoms with Crippen LogP contribution in [0.15, 0.2) is 35.7 Å². The highest BCUT2D eigenvalue weighted by Gasteiger charge is 2.19. The topological polar surface area (TPSA) is 88.4 Å². The maximum absolute atomic E-state index is 11.8. The van der Waals surface area contributed by atoms with Crippen LogP contribution in [0.4, 0.5) is 5.00 Å². The van der Waals surface area contributed by atoms with Crippen molar-refractivity contribution in [3.05, 3.63) is 46.8 Å². The van der Waals surface area contributed by atoms with Gasteiger partial charge in [0.2, 0.25) is 0 Å². The van der Waals surface area contributed by atoms with Gasteiger partial charge in [-0.3, -0.25) is 4.79 Å². The third kappa shape index (κ3) is 5.33. The number of anilines is 1. The van der Waals surface area contributed by atoms with Gasteiger partial charge < -0.3 is 14.8 Å². The lowest BCUT2D eigenvalue weighted by Crippen LogP contribution is -2.24. The molecule has 0 bridgehead atoms. The molecule has 0 unspecified atom stereocenters. The first-order valence-corrected chi connectivity index (χ1v) is 8.84. The molecule has 1 aromatic carbocycles. The number of ether oxygens (including phenoxy) is 2. The lowest BCUT2D eigenvalue weighted by molar-refractivity contribution is -0.149. The predicted octanol–water partition coefficient (Wildman–Crippen LogP) is 3.48. The molecule has 7 heteroatoms. The zero-order chi connectivity index (χ0) is 19.2. The van der Waals surface area contributed by atoms with Crippen molar-refractivity contribution in [1.29, 1.82) is 5.26 Å².